The van der Waals surface area contributed by atoms with Crippen molar-refractivity contribution >= 4 is 12.0 Å². The van der Waals surface area contributed by atoms with Crippen molar-refractivity contribution in [3.63, 3.8) is 0 Å². The summed E-state index contributed by atoms with van der Waals surface area (Å²) in [6, 6.07) is 4.76. The van der Waals surface area contributed by atoms with E-state index in [4.69, 9.17) is 4.74 Å². The summed E-state index contributed by atoms with van der Waals surface area (Å²) in [7, 11) is 1.34. The number of hydrogen-bond donors (Lipinski definition) is 1. The molecule has 1 saturated carbocycles. The van der Waals surface area contributed by atoms with Crippen LogP contribution in [0.25, 0.3) is 0 Å². The van der Waals surface area contributed by atoms with Crippen LogP contribution in [0.1, 0.15) is 56.0 Å². The molecule has 138 valence electrons. The molecule has 0 unspecified atom stereocenters. The predicted octanol–water partition coefficient (Wildman–Crippen LogP) is 2.94. The molecule has 1 aliphatic heterocycles. The van der Waals surface area contributed by atoms with Crippen LogP contribution in [0, 0.1) is 13.8 Å². The molecule has 1 saturated heterocycles. The average molecular weight is 347 g/mol. The Morgan fingerprint density at radius 2 is 1.68 bits per heavy atom. The first-order chi connectivity index (χ1) is 12.0. The number of rotatable bonds is 3. The molecule has 0 atom stereocenters. The van der Waals surface area contributed by atoms with Gasteiger partial charge in [-0.3, -0.25) is 4.79 Å². The number of carbonyl (C=O) groups is 2. The highest BCUT2D eigenvalue weighted by Crippen LogP contribution is 2.34. The van der Waals surface area contributed by atoms with Crippen LogP contribution in [-0.2, 0) is 9.53 Å². The van der Waals surface area contributed by atoms with Gasteiger partial charge in [0.25, 0.3) is 0 Å². The number of aryl methyl sites for hydroxylation is 2. The lowest BCUT2D eigenvalue weighted by Gasteiger charge is -2.39. The SMILES string of the molecule is COC(=O)NC1(C(=O)N2CCC(n3c(C)ccc3C)CC2)CCCC1. The van der Waals surface area contributed by atoms with Crippen molar-refractivity contribution in [1.29, 1.82) is 0 Å². The maximum absolute atomic E-state index is 13.1. The molecule has 25 heavy (non-hydrogen) atoms. The molecule has 0 aromatic carbocycles. The van der Waals surface area contributed by atoms with E-state index in [1.54, 1.807) is 0 Å². The summed E-state index contributed by atoms with van der Waals surface area (Å²) in [5, 5.41) is 2.84. The Morgan fingerprint density at radius 1 is 1.12 bits per heavy atom. The minimum Gasteiger partial charge on any atom is -0.453 e. The highest BCUT2D eigenvalue weighted by Gasteiger charge is 2.45. The van der Waals surface area contributed by atoms with Gasteiger partial charge in [-0.05, 0) is 51.7 Å². The van der Waals surface area contributed by atoms with Crippen LogP contribution in [-0.4, -0.2) is 47.2 Å². The Morgan fingerprint density at radius 3 is 2.20 bits per heavy atom. The van der Waals surface area contributed by atoms with Gasteiger partial charge in [0.05, 0.1) is 7.11 Å². The molecule has 1 N–H and O–H groups in total. The van der Waals surface area contributed by atoms with Crippen molar-refractivity contribution < 1.29 is 14.3 Å². The molecule has 2 heterocycles. The molecule has 0 spiro atoms. The number of alkyl carbamates (subject to hydrolysis) is 1. The maximum Gasteiger partial charge on any atom is 0.407 e. The molecule has 3 rings (SSSR count). The number of likely N-dealkylation sites (tertiary alicyclic amines) is 1. The van der Waals surface area contributed by atoms with Crippen molar-refractivity contribution in [3.05, 3.63) is 23.5 Å². The molecule has 2 aliphatic rings. The Bertz CT molecular complexity index is 619. The second-order valence-corrected chi connectivity index (χ2v) is 7.42. The predicted molar refractivity (Wildman–Crippen MR) is 95.5 cm³/mol. The van der Waals surface area contributed by atoms with Crippen LogP contribution in [0.4, 0.5) is 4.79 Å². The fraction of sp³-hybridized carbons (Fsp3) is 0.684. The Hall–Kier alpha value is -1.98. The lowest BCUT2D eigenvalue weighted by atomic mass is 9.93. The maximum atomic E-state index is 13.1. The number of amides is 2. The van der Waals surface area contributed by atoms with Gasteiger partial charge >= 0.3 is 6.09 Å². The molecular weight excluding hydrogens is 318 g/mol. The van der Waals surface area contributed by atoms with Gasteiger partial charge in [-0.25, -0.2) is 4.79 Å². The number of ether oxygens (including phenoxy) is 1. The van der Waals surface area contributed by atoms with E-state index in [1.807, 2.05) is 4.90 Å². The fourth-order valence-electron chi connectivity index (χ4n) is 4.50. The largest absolute Gasteiger partial charge is 0.453 e. The van der Waals surface area contributed by atoms with Crippen LogP contribution in [0.15, 0.2) is 12.1 Å². The molecule has 0 bridgehead atoms. The second kappa shape index (κ2) is 7.10. The van der Waals surface area contributed by atoms with Crippen LogP contribution < -0.4 is 5.32 Å². The summed E-state index contributed by atoms with van der Waals surface area (Å²) in [6.45, 7) is 5.76. The van der Waals surface area contributed by atoms with Crippen molar-refractivity contribution in [1.82, 2.24) is 14.8 Å². The highest BCUT2D eigenvalue weighted by atomic mass is 16.5. The molecule has 6 heteroatoms. The van der Waals surface area contributed by atoms with Gasteiger partial charge in [0.1, 0.15) is 5.54 Å². The lowest BCUT2D eigenvalue weighted by molar-refractivity contribution is -0.139. The van der Waals surface area contributed by atoms with Gasteiger partial charge in [0, 0.05) is 30.5 Å². The number of methoxy groups -OCH3 is 1. The number of aromatic nitrogens is 1. The zero-order chi connectivity index (χ0) is 18.0. The Labute approximate surface area is 149 Å². The van der Waals surface area contributed by atoms with Crippen molar-refractivity contribution in [3.8, 4) is 0 Å². The number of piperidine rings is 1. The Balaban J connectivity index is 1.67. The van der Waals surface area contributed by atoms with Crippen LogP contribution in [0.2, 0.25) is 0 Å². The zero-order valence-electron chi connectivity index (χ0n) is 15.5. The summed E-state index contributed by atoms with van der Waals surface area (Å²) >= 11 is 0. The van der Waals surface area contributed by atoms with E-state index in [1.165, 1.54) is 18.5 Å². The van der Waals surface area contributed by atoms with Gasteiger partial charge in [-0.2, -0.15) is 0 Å². The third kappa shape index (κ3) is 3.39. The molecule has 2 amide bonds. The molecule has 2 fully saturated rings. The normalized spacial score (nSPS) is 20.5. The van der Waals surface area contributed by atoms with Crippen LogP contribution in [0.5, 0.6) is 0 Å². The topological polar surface area (TPSA) is 63.6 Å². The van der Waals surface area contributed by atoms with Crippen molar-refractivity contribution in [2.24, 2.45) is 0 Å². The van der Waals surface area contributed by atoms with Gasteiger partial charge in [-0.1, -0.05) is 12.8 Å². The van der Waals surface area contributed by atoms with E-state index in [0.717, 1.165) is 38.8 Å². The van der Waals surface area contributed by atoms with E-state index < -0.39 is 11.6 Å². The zero-order valence-corrected chi connectivity index (χ0v) is 15.5. The highest BCUT2D eigenvalue weighted by molar-refractivity contribution is 5.90. The number of carbonyl (C=O) groups excluding carboxylic acids is 2. The fourth-order valence-corrected chi connectivity index (χ4v) is 4.50. The third-order valence-electron chi connectivity index (χ3n) is 5.84. The summed E-state index contributed by atoms with van der Waals surface area (Å²) in [5.74, 6) is 0.0646. The molecule has 1 aromatic heterocycles. The van der Waals surface area contributed by atoms with Crippen LogP contribution >= 0.6 is 0 Å². The minimum atomic E-state index is -0.765. The van der Waals surface area contributed by atoms with Gasteiger partial charge in [-0.15, -0.1) is 0 Å². The number of hydrogen-bond acceptors (Lipinski definition) is 3. The molecule has 1 aliphatic carbocycles. The van der Waals surface area contributed by atoms with Crippen molar-refractivity contribution in [2.75, 3.05) is 20.2 Å². The van der Waals surface area contributed by atoms with E-state index in [-0.39, 0.29) is 5.91 Å². The molecule has 1 aromatic rings. The first-order valence-electron chi connectivity index (χ1n) is 9.27. The van der Waals surface area contributed by atoms with Gasteiger partial charge in [0.2, 0.25) is 5.91 Å². The lowest BCUT2D eigenvalue weighted by Crippen LogP contribution is -2.59. The van der Waals surface area contributed by atoms with Crippen molar-refractivity contribution in [2.45, 2.75) is 64.0 Å². The van der Waals surface area contributed by atoms with E-state index in [2.05, 4.69) is 35.9 Å². The minimum absolute atomic E-state index is 0.0646. The first kappa shape index (κ1) is 17.8. The number of nitrogens with one attached hydrogen (secondary N) is 1. The Kier molecular flexibility index (Phi) is 5.06. The monoisotopic (exact) mass is 347 g/mol. The molecule has 0 radical (unpaired) electrons. The standard InChI is InChI=1S/C19H29N3O3/c1-14-6-7-15(2)22(14)16-8-12-21(13-9-16)17(23)19(10-4-5-11-19)20-18(24)25-3/h6-7,16H,4-5,8-13H2,1-3H3,(H,20,24). The second-order valence-electron chi connectivity index (χ2n) is 7.42. The number of nitrogens with zero attached hydrogens (tertiary/aromatic N) is 2. The summed E-state index contributed by atoms with van der Waals surface area (Å²) < 4.78 is 7.13. The van der Waals surface area contributed by atoms with E-state index in [0.29, 0.717) is 18.9 Å². The molecule has 6 nitrogen and oxygen atoms in total. The summed E-state index contributed by atoms with van der Waals surface area (Å²) in [6.07, 6.45) is 4.74. The summed E-state index contributed by atoms with van der Waals surface area (Å²) in [5.41, 5.74) is 1.79. The van der Waals surface area contributed by atoms with E-state index >= 15 is 0 Å². The quantitative estimate of drug-likeness (QED) is 0.914. The van der Waals surface area contributed by atoms with Gasteiger partial charge in [0.15, 0.2) is 0 Å². The van der Waals surface area contributed by atoms with Gasteiger partial charge < -0.3 is 19.5 Å². The summed E-state index contributed by atoms with van der Waals surface area (Å²) in [4.78, 5) is 26.8. The first-order valence-corrected chi connectivity index (χ1v) is 9.27. The smallest absolute Gasteiger partial charge is 0.407 e. The third-order valence-corrected chi connectivity index (χ3v) is 5.84. The average Bonchev–Trinajstić information content (AvgIpc) is 3.22. The molecular formula is C19H29N3O3. The van der Waals surface area contributed by atoms with E-state index in [9.17, 15) is 9.59 Å². The van der Waals surface area contributed by atoms with Crippen LogP contribution in [0.3, 0.4) is 0 Å².